The average Bonchev–Trinajstić information content (AvgIpc) is 3.31. The normalized spacial score (nSPS) is 10.5. The highest BCUT2D eigenvalue weighted by molar-refractivity contribution is 7.12. The third-order valence-corrected chi connectivity index (χ3v) is 4.84. The molecule has 3 N–H and O–H groups in total. The lowest BCUT2D eigenvalue weighted by Crippen LogP contribution is -2.25. The lowest BCUT2D eigenvalue weighted by atomic mass is 10.1. The van der Waals surface area contributed by atoms with Gasteiger partial charge in [0, 0.05) is 23.5 Å². The van der Waals surface area contributed by atoms with Crippen LogP contribution in [0.15, 0.2) is 48.0 Å². The van der Waals surface area contributed by atoms with Gasteiger partial charge in [-0.3, -0.25) is 14.7 Å². The predicted octanol–water partition coefficient (Wildman–Crippen LogP) is 3.39. The molecule has 0 radical (unpaired) electrons. The summed E-state index contributed by atoms with van der Waals surface area (Å²) < 4.78 is 0. The van der Waals surface area contributed by atoms with E-state index in [4.69, 9.17) is 0 Å². The zero-order chi connectivity index (χ0) is 18.4. The Bertz CT molecular complexity index is 887. The maximum absolute atomic E-state index is 12.3. The number of amides is 2. The molecular formula is C19H20N4O2S. The number of hydrogen-bond donors (Lipinski definition) is 3. The van der Waals surface area contributed by atoms with Gasteiger partial charge < -0.3 is 10.6 Å². The number of carbonyl (C=O) groups is 2. The molecule has 2 amide bonds. The first-order valence-electron chi connectivity index (χ1n) is 8.35. The molecule has 0 unspecified atom stereocenters. The SMILES string of the molecule is Cc1[nH]ncc1CCCNC(=O)c1cccc(NC(=O)c2cccs2)c1. The van der Waals surface area contributed by atoms with Crippen molar-refractivity contribution < 1.29 is 9.59 Å². The molecule has 0 spiro atoms. The Morgan fingerprint density at radius 2 is 2.08 bits per heavy atom. The van der Waals surface area contributed by atoms with Crippen molar-refractivity contribution >= 4 is 28.8 Å². The number of benzene rings is 1. The largest absolute Gasteiger partial charge is 0.352 e. The van der Waals surface area contributed by atoms with Gasteiger partial charge in [0.25, 0.3) is 11.8 Å². The lowest BCUT2D eigenvalue weighted by molar-refractivity contribution is 0.0952. The molecule has 0 atom stereocenters. The molecule has 7 heteroatoms. The predicted molar refractivity (Wildman–Crippen MR) is 103 cm³/mol. The third-order valence-electron chi connectivity index (χ3n) is 3.97. The summed E-state index contributed by atoms with van der Waals surface area (Å²) in [7, 11) is 0. The van der Waals surface area contributed by atoms with Crippen molar-refractivity contribution in [3.63, 3.8) is 0 Å². The number of aromatic amines is 1. The fourth-order valence-corrected chi connectivity index (χ4v) is 3.17. The van der Waals surface area contributed by atoms with Gasteiger partial charge in [-0.05, 0) is 55.0 Å². The van der Waals surface area contributed by atoms with Crippen LogP contribution in [0.2, 0.25) is 0 Å². The van der Waals surface area contributed by atoms with Crippen LogP contribution in [0.1, 0.15) is 37.7 Å². The van der Waals surface area contributed by atoms with Crippen molar-refractivity contribution in [2.45, 2.75) is 19.8 Å². The van der Waals surface area contributed by atoms with Crippen LogP contribution in [0.5, 0.6) is 0 Å². The summed E-state index contributed by atoms with van der Waals surface area (Å²) in [6.45, 7) is 2.56. The zero-order valence-corrected chi connectivity index (χ0v) is 15.2. The molecule has 3 aromatic rings. The number of aryl methyl sites for hydroxylation is 2. The maximum atomic E-state index is 12.3. The van der Waals surface area contributed by atoms with Gasteiger partial charge in [0.1, 0.15) is 0 Å². The summed E-state index contributed by atoms with van der Waals surface area (Å²) in [5, 5.41) is 14.5. The molecule has 0 aliphatic rings. The second-order valence-electron chi connectivity index (χ2n) is 5.89. The monoisotopic (exact) mass is 368 g/mol. The quantitative estimate of drug-likeness (QED) is 0.559. The Labute approximate surface area is 155 Å². The maximum Gasteiger partial charge on any atom is 0.265 e. The number of thiophene rings is 1. The Hall–Kier alpha value is -2.93. The molecule has 2 heterocycles. The minimum atomic E-state index is -0.173. The van der Waals surface area contributed by atoms with Gasteiger partial charge in [-0.15, -0.1) is 11.3 Å². The lowest BCUT2D eigenvalue weighted by Gasteiger charge is -2.08. The third kappa shape index (κ3) is 4.58. The van der Waals surface area contributed by atoms with Crippen LogP contribution in [0.3, 0.4) is 0 Å². The van der Waals surface area contributed by atoms with E-state index in [0.29, 0.717) is 22.7 Å². The minimum Gasteiger partial charge on any atom is -0.352 e. The van der Waals surface area contributed by atoms with Crippen molar-refractivity contribution in [2.24, 2.45) is 0 Å². The van der Waals surface area contributed by atoms with Crippen molar-refractivity contribution in [2.75, 3.05) is 11.9 Å². The van der Waals surface area contributed by atoms with Crippen molar-refractivity contribution in [3.8, 4) is 0 Å². The van der Waals surface area contributed by atoms with E-state index in [1.54, 1.807) is 30.3 Å². The van der Waals surface area contributed by atoms with Crippen LogP contribution in [0, 0.1) is 6.92 Å². The molecule has 0 saturated heterocycles. The highest BCUT2D eigenvalue weighted by atomic mass is 32.1. The van der Waals surface area contributed by atoms with E-state index < -0.39 is 0 Å². The standard InChI is InChI=1S/C19H20N4O2S/c1-13-15(12-21-23-13)6-3-9-20-18(24)14-5-2-7-16(11-14)22-19(25)17-8-4-10-26-17/h2,4-5,7-8,10-12H,3,6,9H2,1H3,(H,20,24)(H,21,23)(H,22,25). The molecule has 6 nitrogen and oxygen atoms in total. The second-order valence-corrected chi connectivity index (χ2v) is 6.84. The molecule has 0 bridgehead atoms. The summed E-state index contributed by atoms with van der Waals surface area (Å²) in [4.78, 5) is 25.0. The minimum absolute atomic E-state index is 0.152. The second kappa shape index (κ2) is 8.44. The van der Waals surface area contributed by atoms with E-state index in [-0.39, 0.29) is 11.8 Å². The van der Waals surface area contributed by atoms with Gasteiger partial charge in [-0.1, -0.05) is 12.1 Å². The highest BCUT2D eigenvalue weighted by Gasteiger charge is 2.10. The van der Waals surface area contributed by atoms with Crippen molar-refractivity contribution in [1.82, 2.24) is 15.5 Å². The molecule has 0 aliphatic heterocycles. The summed E-state index contributed by atoms with van der Waals surface area (Å²) >= 11 is 1.38. The van der Waals surface area contributed by atoms with Crippen LogP contribution in [0.25, 0.3) is 0 Å². The van der Waals surface area contributed by atoms with E-state index in [0.717, 1.165) is 24.1 Å². The fraction of sp³-hybridized carbons (Fsp3) is 0.211. The van der Waals surface area contributed by atoms with Crippen LogP contribution in [-0.4, -0.2) is 28.6 Å². The molecule has 0 saturated carbocycles. The van der Waals surface area contributed by atoms with Crippen molar-refractivity contribution in [1.29, 1.82) is 0 Å². The van der Waals surface area contributed by atoms with Gasteiger partial charge in [0.2, 0.25) is 0 Å². The number of nitrogens with one attached hydrogen (secondary N) is 3. The Morgan fingerprint density at radius 1 is 1.19 bits per heavy atom. The Kier molecular flexibility index (Phi) is 5.80. The number of rotatable bonds is 7. The smallest absolute Gasteiger partial charge is 0.265 e. The molecule has 2 aromatic heterocycles. The van der Waals surface area contributed by atoms with Gasteiger partial charge in [-0.2, -0.15) is 5.10 Å². The average molecular weight is 368 g/mol. The Balaban J connectivity index is 1.51. The van der Waals surface area contributed by atoms with E-state index in [1.165, 1.54) is 11.3 Å². The van der Waals surface area contributed by atoms with Crippen LogP contribution in [-0.2, 0) is 6.42 Å². The first-order valence-corrected chi connectivity index (χ1v) is 9.23. The summed E-state index contributed by atoms with van der Waals surface area (Å²) in [6.07, 6.45) is 3.51. The van der Waals surface area contributed by atoms with E-state index in [9.17, 15) is 9.59 Å². The van der Waals surface area contributed by atoms with Gasteiger partial charge in [0.15, 0.2) is 0 Å². The van der Waals surface area contributed by atoms with E-state index >= 15 is 0 Å². The topological polar surface area (TPSA) is 86.9 Å². The molecule has 3 rings (SSSR count). The number of nitrogens with zero attached hydrogens (tertiary/aromatic N) is 1. The van der Waals surface area contributed by atoms with Crippen LogP contribution in [0.4, 0.5) is 5.69 Å². The van der Waals surface area contributed by atoms with Crippen LogP contribution < -0.4 is 10.6 Å². The fourth-order valence-electron chi connectivity index (χ4n) is 2.55. The molecule has 0 aliphatic carbocycles. The Morgan fingerprint density at radius 3 is 2.81 bits per heavy atom. The van der Waals surface area contributed by atoms with Gasteiger partial charge >= 0.3 is 0 Å². The first-order chi connectivity index (χ1) is 12.6. The summed E-state index contributed by atoms with van der Waals surface area (Å²) in [6, 6.07) is 10.5. The van der Waals surface area contributed by atoms with Crippen LogP contribution >= 0.6 is 11.3 Å². The molecule has 0 fully saturated rings. The highest BCUT2D eigenvalue weighted by Crippen LogP contribution is 2.15. The van der Waals surface area contributed by atoms with Crippen molar-refractivity contribution in [3.05, 3.63) is 69.7 Å². The number of H-pyrrole nitrogens is 1. The summed E-state index contributed by atoms with van der Waals surface area (Å²) in [5.74, 6) is -0.325. The molecular weight excluding hydrogens is 348 g/mol. The number of carbonyl (C=O) groups excluding carboxylic acids is 2. The number of anilines is 1. The van der Waals surface area contributed by atoms with E-state index in [2.05, 4.69) is 20.8 Å². The molecule has 26 heavy (non-hydrogen) atoms. The van der Waals surface area contributed by atoms with Gasteiger partial charge in [0.05, 0.1) is 11.1 Å². The zero-order valence-electron chi connectivity index (χ0n) is 14.4. The van der Waals surface area contributed by atoms with Gasteiger partial charge in [-0.25, -0.2) is 0 Å². The molecule has 1 aromatic carbocycles. The summed E-state index contributed by atoms with van der Waals surface area (Å²) in [5.41, 5.74) is 3.35. The van der Waals surface area contributed by atoms with E-state index in [1.807, 2.05) is 24.6 Å². The molecule has 134 valence electrons. The number of hydrogen-bond acceptors (Lipinski definition) is 4. The first kappa shape index (κ1) is 17.9. The number of aromatic nitrogens is 2.